The van der Waals surface area contributed by atoms with Gasteiger partial charge in [-0.2, -0.15) is 8.78 Å². The van der Waals surface area contributed by atoms with Crippen LogP contribution in [0.1, 0.15) is 38.2 Å². The Bertz CT molecular complexity index is 1450. The molecular formula is C34H32F4O3. The van der Waals surface area contributed by atoms with Crippen molar-refractivity contribution in [2.45, 2.75) is 39.2 Å². The first-order chi connectivity index (χ1) is 19.9. The lowest BCUT2D eigenvalue weighted by atomic mass is 9.98. The van der Waals surface area contributed by atoms with Gasteiger partial charge in [0.15, 0.2) is 23.1 Å². The summed E-state index contributed by atoms with van der Waals surface area (Å²) >= 11 is 0. The lowest BCUT2D eigenvalue weighted by Crippen LogP contribution is -2.03. The number of allylic oxidation sites excluding steroid dienone is 1. The van der Waals surface area contributed by atoms with Gasteiger partial charge in [-0.15, -0.1) is 6.58 Å². The average molecular weight is 565 g/mol. The number of hydrogen-bond acceptors (Lipinski definition) is 3. The van der Waals surface area contributed by atoms with Crippen LogP contribution in [0.5, 0.6) is 17.2 Å². The van der Waals surface area contributed by atoms with E-state index in [9.17, 15) is 8.78 Å². The highest BCUT2D eigenvalue weighted by Gasteiger charge is 2.18. The third kappa shape index (κ3) is 7.48. The standard InChI is InChI=1S/C34H32F4O3/c1-3-5-7-21-40-29-18-19-30(34(38)33(29)37)41-22-23-8-10-24(11-9-23)27-16-17-28(32(36)31(27)35)25-12-14-26(15-13-25)39-20-6-4-2/h3,8-19H,1,4-7,20-22H2,2H3. The maximum absolute atomic E-state index is 15.1. The molecule has 7 heteroatoms. The van der Waals surface area contributed by atoms with Gasteiger partial charge < -0.3 is 14.2 Å². The van der Waals surface area contributed by atoms with Crippen LogP contribution >= 0.6 is 0 Å². The summed E-state index contributed by atoms with van der Waals surface area (Å²) in [6.45, 7) is 6.47. The van der Waals surface area contributed by atoms with Gasteiger partial charge in [0.2, 0.25) is 11.6 Å². The number of ether oxygens (including phenoxy) is 3. The normalized spacial score (nSPS) is 10.9. The zero-order valence-corrected chi connectivity index (χ0v) is 22.9. The molecule has 0 unspecified atom stereocenters. The fourth-order valence-corrected chi connectivity index (χ4v) is 4.15. The molecule has 0 fully saturated rings. The van der Waals surface area contributed by atoms with Crippen molar-refractivity contribution in [1.29, 1.82) is 0 Å². The third-order valence-corrected chi connectivity index (χ3v) is 6.50. The summed E-state index contributed by atoms with van der Waals surface area (Å²) < 4.78 is 75.4. The van der Waals surface area contributed by atoms with Gasteiger partial charge >= 0.3 is 0 Å². The highest BCUT2D eigenvalue weighted by molar-refractivity contribution is 5.72. The van der Waals surface area contributed by atoms with Crippen molar-refractivity contribution in [2.24, 2.45) is 0 Å². The molecular weight excluding hydrogens is 532 g/mol. The molecule has 0 amide bonds. The number of hydrogen-bond donors (Lipinski definition) is 0. The van der Waals surface area contributed by atoms with E-state index in [1.54, 1.807) is 60.7 Å². The summed E-state index contributed by atoms with van der Waals surface area (Å²) in [5.41, 5.74) is 1.90. The SMILES string of the molecule is C=CCCCOc1ccc(OCc2ccc(-c3ccc(-c4ccc(OCCCC)cc4)c(F)c3F)cc2)c(F)c1F. The second-order valence-corrected chi connectivity index (χ2v) is 9.47. The quantitative estimate of drug-likeness (QED) is 0.0867. The molecule has 4 rings (SSSR count). The largest absolute Gasteiger partial charge is 0.494 e. The molecule has 0 heterocycles. The first kappa shape index (κ1) is 29.7. The van der Waals surface area contributed by atoms with Gasteiger partial charge in [0.05, 0.1) is 13.2 Å². The van der Waals surface area contributed by atoms with Crippen LogP contribution in [-0.4, -0.2) is 13.2 Å². The predicted octanol–water partition coefficient (Wildman–Crippen LogP) is 9.68. The second kappa shape index (κ2) is 14.4. The summed E-state index contributed by atoms with van der Waals surface area (Å²) in [6, 6.07) is 19.1. The van der Waals surface area contributed by atoms with E-state index in [1.807, 2.05) is 0 Å². The molecule has 4 aromatic carbocycles. The molecule has 4 aromatic rings. The highest BCUT2D eigenvalue weighted by Crippen LogP contribution is 2.33. The molecule has 3 nitrogen and oxygen atoms in total. The van der Waals surface area contributed by atoms with Crippen LogP contribution in [0.4, 0.5) is 17.6 Å². The van der Waals surface area contributed by atoms with Crippen LogP contribution in [0, 0.1) is 23.3 Å². The van der Waals surface area contributed by atoms with E-state index >= 15 is 8.78 Å². The van der Waals surface area contributed by atoms with E-state index in [0.29, 0.717) is 41.9 Å². The van der Waals surface area contributed by atoms with E-state index in [4.69, 9.17) is 14.2 Å². The molecule has 0 radical (unpaired) electrons. The van der Waals surface area contributed by atoms with Gasteiger partial charge in [0.1, 0.15) is 12.4 Å². The minimum atomic E-state index is -1.14. The molecule has 0 bridgehead atoms. The molecule has 0 saturated carbocycles. The van der Waals surface area contributed by atoms with Crippen molar-refractivity contribution in [2.75, 3.05) is 13.2 Å². The van der Waals surface area contributed by atoms with E-state index in [1.165, 1.54) is 18.2 Å². The van der Waals surface area contributed by atoms with Crippen molar-refractivity contribution < 1.29 is 31.8 Å². The van der Waals surface area contributed by atoms with Gasteiger partial charge in [0, 0.05) is 11.1 Å². The lowest BCUT2D eigenvalue weighted by Gasteiger charge is -2.12. The van der Waals surface area contributed by atoms with Crippen LogP contribution in [0.3, 0.4) is 0 Å². The fourth-order valence-electron chi connectivity index (χ4n) is 4.15. The maximum atomic E-state index is 15.1. The van der Waals surface area contributed by atoms with Gasteiger partial charge in [0.25, 0.3) is 0 Å². The number of benzene rings is 4. The number of rotatable bonds is 14. The lowest BCUT2D eigenvalue weighted by molar-refractivity contribution is 0.268. The molecule has 0 atom stereocenters. The molecule has 0 aliphatic rings. The Kier molecular flexibility index (Phi) is 10.4. The van der Waals surface area contributed by atoms with Crippen LogP contribution in [-0.2, 0) is 6.61 Å². The molecule has 0 saturated heterocycles. The Morgan fingerprint density at radius 1 is 0.610 bits per heavy atom. The minimum Gasteiger partial charge on any atom is -0.494 e. The Morgan fingerprint density at radius 2 is 1.15 bits per heavy atom. The summed E-state index contributed by atoms with van der Waals surface area (Å²) in [5.74, 6) is -3.92. The third-order valence-electron chi connectivity index (χ3n) is 6.50. The first-order valence-electron chi connectivity index (χ1n) is 13.6. The molecule has 214 valence electrons. The van der Waals surface area contributed by atoms with Crippen LogP contribution in [0.25, 0.3) is 22.3 Å². The Balaban J connectivity index is 1.40. The van der Waals surface area contributed by atoms with Crippen LogP contribution in [0.15, 0.2) is 85.5 Å². The molecule has 0 spiro atoms. The Hall–Kier alpha value is -4.26. The minimum absolute atomic E-state index is 0.0515. The molecule has 0 N–H and O–H groups in total. The van der Waals surface area contributed by atoms with Crippen LogP contribution < -0.4 is 14.2 Å². The average Bonchev–Trinajstić information content (AvgIpc) is 2.99. The van der Waals surface area contributed by atoms with Crippen molar-refractivity contribution >= 4 is 0 Å². The topological polar surface area (TPSA) is 27.7 Å². The summed E-state index contributed by atoms with van der Waals surface area (Å²) in [7, 11) is 0. The van der Waals surface area contributed by atoms with Crippen LogP contribution in [0.2, 0.25) is 0 Å². The Labute approximate surface area is 238 Å². The maximum Gasteiger partial charge on any atom is 0.204 e. The summed E-state index contributed by atoms with van der Waals surface area (Å²) in [4.78, 5) is 0. The monoisotopic (exact) mass is 564 g/mol. The van der Waals surface area contributed by atoms with Crippen molar-refractivity contribution in [3.05, 3.63) is 114 Å². The first-order valence-corrected chi connectivity index (χ1v) is 13.6. The van der Waals surface area contributed by atoms with Crippen molar-refractivity contribution in [3.63, 3.8) is 0 Å². The fraction of sp³-hybridized carbons (Fsp3) is 0.235. The van der Waals surface area contributed by atoms with Gasteiger partial charge in [-0.05, 0) is 60.2 Å². The summed E-state index contributed by atoms with van der Waals surface area (Å²) in [6.07, 6.45) is 5.04. The predicted molar refractivity (Wildman–Crippen MR) is 153 cm³/mol. The highest BCUT2D eigenvalue weighted by atomic mass is 19.2. The van der Waals surface area contributed by atoms with Crippen molar-refractivity contribution in [3.8, 4) is 39.5 Å². The van der Waals surface area contributed by atoms with Gasteiger partial charge in [-0.25, -0.2) is 8.78 Å². The summed E-state index contributed by atoms with van der Waals surface area (Å²) in [5, 5.41) is 0. The van der Waals surface area contributed by atoms with Crippen molar-refractivity contribution in [1.82, 2.24) is 0 Å². The molecule has 41 heavy (non-hydrogen) atoms. The number of halogens is 4. The number of unbranched alkanes of at least 4 members (excludes halogenated alkanes) is 2. The molecule has 0 aliphatic heterocycles. The Morgan fingerprint density at radius 3 is 1.71 bits per heavy atom. The zero-order chi connectivity index (χ0) is 29.2. The van der Waals surface area contributed by atoms with Gasteiger partial charge in [-0.1, -0.05) is 68.0 Å². The smallest absolute Gasteiger partial charge is 0.204 e. The zero-order valence-electron chi connectivity index (χ0n) is 22.9. The molecule has 0 aliphatic carbocycles. The second-order valence-electron chi connectivity index (χ2n) is 9.47. The van der Waals surface area contributed by atoms with Gasteiger partial charge in [-0.3, -0.25) is 0 Å². The van der Waals surface area contributed by atoms with E-state index < -0.39 is 23.3 Å². The van der Waals surface area contributed by atoms with E-state index in [-0.39, 0.29) is 35.8 Å². The molecule has 0 aromatic heterocycles. The van der Waals surface area contributed by atoms with E-state index in [2.05, 4.69) is 13.5 Å². The van der Waals surface area contributed by atoms with E-state index in [0.717, 1.165) is 12.8 Å².